The van der Waals surface area contributed by atoms with Gasteiger partial charge in [0.15, 0.2) is 0 Å². The second kappa shape index (κ2) is 12.6. The lowest BCUT2D eigenvalue weighted by molar-refractivity contribution is 0.130. The van der Waals surface area contributed by atoms with Crippen LogP contribution in [0.25, 0.3) is 0 Å². The first-order chi connectivity index (χ1) is 16.1. The van der Waals surface area contributed by atoms with E-state index in [1.165, 1.54) is 52.1 Å². The van der Waals surface area contributed by atoms with Gasteiger partial charge >= 0.3 is 0 Å². The summed E-state index contributed by atoms with van der Waals surface area (Å²) in [5.41, 5.74) is 2.20. The number of aryl methyl sites for hydroxylation is 3. The minimum Gasteiger partial charge on any atom is -0.361 e. The predicted octanol–water partition coefficient (Wildman–Crippen LogP) is 2.33. The van der Waals surface area contributed by atoms with Crippen LogP contribution in [-0.2, 0) is 19.3 Å². The van der Waals surface area contributed by atoms with E-state index < -0.39 is 0 Å². The molecule has 2 aromatic rings. The molecule has 0 unspecified atom stereocenters. The van der Waals surface area contributed by atoms with Gasteiger partial charge in [-0.1, -0.05) is 10.3 Å². The summed E-state index contributed by atoms with van der Waals surface area (Å²) in [6.45, 7) is 14.7. The molecule has 0 saturated carbocycles. The first-order valence-electron chi connectivity index (χ1n) is 12.9. The molecule has 2 saturated heterocycles. The van der Waals surface area contributed by atoms with Crippen molar-refractivity contribution < 1.29 is 9.05 Å². The highest BCUT2D eigenvalue weighted by molar-refractivity contribution is 5.06. The van der Waals surface area contributed by atoms with Crippen molar-refractivity contribution in [2.45, 2.75) is 45.4 Å². The van der Waals surface area contributed by atoms with Crippen molar-refractivity contribution in [1.82, 2.24) is 29.9 Å². The number of hydrogen-bond acceptors (Lipinski definition) is 8. The average molecular weight is 459 g/mol. The maximum atomic E-state index is 5.62. The highest BCUT2D eigenvalue weighted by Gasteiger charge is 2.17. The molecule has 0 aliphatic carbocycles. The molecule has 4 rings (SSSR count). The first kappa shape index (κ1) is 24.4. The summed E-state index contributed by atoms with van der Waals surface area (Å²) in [5.74, 6) is 1.94. The van der Waals surface area contributed by atoms with Crippen LogP contribution in [0, 0.1) is 6.92 Å². The molecule has 0 aromatic carbocycles. The molecule has 0 spiro atoms. The number of hydrogen-bond donors (Lipinski definition) is 0. The molecule has 0 bridgehead atoms. The summed E-state index contributed by atoms with van der Waals surface area (Å²) in [5, 5.41) is 8.40. The standard InChI is InChI=1S/C25H42N6O2/c1-22-20-23(26-32-22)6-3-4-9-29-16-18-31(19-17-29)11-8-25-21-24(27-33-25)7-5-10-30-14-12-28(2)13-15-30/h20-21H,3-19H2,1-2H3. The van der Waals surface area contributed by atoms with Gasteiger partial charge in [0.05, 0.1) is 11.4 Å². The molecule has 8 nitrogen and oxygen atoms in total. The Morgan fingerprint density at radius 3 is 1.94 bits per heavy atom. The first-order valence-corrected chi connectivity index (χ1v) is 12.9. The van der Waals surface area contributed by atoms with Gasteiger partial charge in [-0.2, -0.15) is 0 Å². The minimum absolute atomic E-state index is 0.906. The highest BCUT2D eigenvalue weighted by Crippen LogP contribution is 2.11. The number of nitrogens with zero attached hydrogens (tertiary/aromatic N) is 6. The summed E-state index contributed by atoms with van der Waals surface area (Å²) in [6.07, 6.45) is 6.56. The van der Waals surface area contributed by atoms with Crippen molar-refractivity contribution in [1.29, 1.82) is 0 Å². The van der Waals surface area contributed by atoms with Gasteiger partial charge in [-0.15, -0.1) is 0 Å². The van der Waals surface area contributed by atoms with E-state index in [4.69, 9.17) is 9.05 Å². The molecule has 8 heteroatoms. The zero-order valence-electron chi connectivity index (χ0n) is 20.7. The third kappa shape index (κ3) is 8.21. The lowest BCUT2D eigenvalue weighted by Crippen LogP contribution is -2.47. The van der Waals surface area contributed by atoms with Crippen LogP contribution in [0.3, 0.4) is 0 Å². The molecular weight excluding hydrogens is 416 g/mol. The van der Waals surface area contributed by atoms with E-state index in [1.54, 1.807) is 0 Å². The molecule has 2 fully saturated rings. The van der Waals surface area contributed by atoms with E-state index in [0.717, 1.165) is 81.3 Å². The lowest BCUT2D eigenvalue weighted by atomic mass is 10.1. The maximum absolute atomic E-state index is 5.62. The third-order valence-corrected chi connectivity index (χ3v) is 7.08. The Bertz CT molecular complexity index is 805. The Kier molecular flexibility index (Phi) is 9.35. The Balaban J connectivity index is 1.04. The van der Waals surface area contributed by atoms with Crippen molar-refractivity contribution in [3.8, 4) is 0 Å². The molecule has 0 radical (unpaired) electrons. The Hall–Kier alpha value is -1.74. The van der Waals surface area contributed by atoms with Gasteiger partial charge in [0.25, 0.3) is 0 Å². The number of rotatable bonds is 12. The van der Waals surface area contributed by atoms with Crippen molar-refractivity contribution >= 4 is 0 Å². The Morgan fingerprint density at radius 1 is 0.667 bits per heavy atom. The average Bonchev–Trinajstić information content (AvgIpc) is 3.46. The van der Waals surface area contributed by atoms with Gasteiger partial charge < -0.3 is 28.6 Å². The van der Waals surface area contributed by atoms with E-state index in [0.29, 0.717) is 0 Å². The molecule has 0 amide bonds. The molecule has 0 N–H and O–H groups in total. The van der Waals surface area contributed by atoms with Crippen LogP contribution in [0.2, 0.25) is 0 Å². The van der Waals surface area contributed by atoms with Crippen molar-refractivity contribution in [3.05, 3.63) is 35.0 Å². The maximum Gasteiger partial charge on any atom is 0.138 e. The van der Waals surface area contributed by atoms with E-state index in [9.17, 15) is 0 Å². The molecule has 2 aliphatic rings. The van der Waals surface area contributed by atoms with Crippen LogP contribution >= 0.6 is 0 Å². The van der Waals surface area contributed by atoms with Crippen LogP contribution in [0.5, 0.6) is 0 Å². The van der Waals surface area contributed by atoms with Gasteiger partial charge in [0.1, 0.15) is 11.5 Å². The molecule has 2 aromatic heterocycles. The van der Waals surface area contributed by atoms with Gasteiger partial charge in [-0.25, -0.2) is 0 Å². The number of piperazine rings is 2. The number of unbranched alkanes of at least 4 members (excludes halogenated alkanes) is 1. The predicted molar refractivity (Wildman–Crippen MR) is 130 cm³/mol. The van der Waals surface area contributed by atoms with Crippen molar-refractivity contribution in [2.75, 3.05) is 79.0 Å². The van der Waals surface area contributed by atoms with Gasteiger partial charge in [0, 0.05) is 77.5 Å². The Morgan fingerprint density at radius 2 is 1.24 bits per heavy atom. The second-order valence-electron chi connectivity index (χ2n) is 9.85. The SMILES string of the molecule is Cc1cc(CCCCN2CCN(CCc3cc(CCCN4CCN(C)CC4)no3)CC2)no1. The van der Waals surface area contributed by atoms with Gasteiger partial charge in [-0.3, -0.25) is 0 Å². The third-order valence-electron chi connectivity index (χ3n) is 7.08. The Labute approximate surface area is 198 Å². The topological polar surface area (TPSA) is 65.0 Å². The molecular formula is C25H42N6O2. The summed E-state index contributed by atoms with van der Waals surface area (Å²) in [4.78, 5) is 10.1. The van der Waals surface area contributed by atoms with Crippen LogP contribution in [0.15, 0.2) is 21.2 Å². The molecule has 4 heterocycles. The summed E-state index contributed by atoms with van der Waals surface area (Å²) in [6, 6.07) is 4.22. The summed E-state index contributed by atoms with van der Waals surface area (Å²) < 4.78 is 10.8. The largest absolute Gasteiger partial charge is 0.361 e. The fourth-order valence-corrected chi connectivity index (χ4v) is 4.83. The van der Waals surface area contributed by atoms with Gasteiger partial charge in [0.2, 0.25) is 0 Å². The zero-order valence-corrected chi connectivity index (χ0v) is 20.7. The van der Waals surface area contributed by atoms with Crippen LogP contribution in [0.1, 0.15) is 42.2 Å². The number of aromatic nitrogens is 2. The second-order valence-corrected chi connectivity index (χ2v) is 9.85. The smallest absolute Gasteiger partial charge is 0.138 e. The van der Waals surface area contributed by atoms with Gasteiger partial charge in [-0.05, 0) is 59.2 Å². The summed E-state index contributed by atoms with van der Waals surface area (Å²) >= 11 is 0. The number of likely N-dealkylation sites (N-methyl/N-ethyl adjacent to an activating group) is 1. The fraction of sp³-hybridized carbons (Fsp3) is 0.760. The normalized spacial score (nSPS) is 19.5. The van der Waals surface area contributed by atoms with E-state index in [1.807, 2.05) is 13.0 Å². The fourth-order valence-electron chi connectivity index (χ4n) is 4.83. The lowest BCUT2D eigenvalue weighted by Gasteiger charge is -2.34. The molecule has 184 valence electrons. The van der Waals surface area contributed by atoms with Crippen molar-refractivity contribution in [3.63, 3.8) is 0 Å². The minimum atomic E-state index is 0.906. The quantitative estimate of drug-likeness (QED) is 0.449. The van der Waals surface area contributed by atoms with E-state index in [-0.39, 0.29) is 0 Å². The summed E-state index contributed by atoms with van der Waals surface area (Å²) in [7, 11) is 2.21. The van der Waals surface area contributed by atoms with Crippen molar-refractivity contribution in [2.24, 2.45) is 0 Å². The molecule has 0 atom stereocenters. The van der Waals surface area contributed by atoms with E-state index in [2.05, 4.69) is 43.0 Å². The molecule has 2 aliphatic heterocycles. The van der Waals surface area contributed by atoms with Crippen LogP contribution < -0.4 is 0 Å². The zero-order chi connectivity index (χ0) is 22.9. The molecule has 33 heavy (non-hydrogen) atoms. The highest BCUT2D eigenvalue weighted by atomic mass is 16.5. The van der Waals surface area contributed by atoms with E-state index >= 15 is 0 Å². The van der Waals surface area contributed by atoms with Crippen LogP contribution in [-0.4, -0.2) is 109 Å². The van der Waals surface area contributed by atoms with Crippen LogP contribution in [0.4, 0.5) is 0 Å². The monoisotopic (exact) mass is 458 g/mol.